The number of hydrogen-bond acceptors (Lipinski definition) is 4. The van der Waals surface area contributed by atoms with Crippen molar-refractivity contribution < 1.29 is 23.1 Å². The Hall–Kier alpha value is -2.09. The minimum atomic E-state index is -3.37. The smallest absolute Gasteiger partial charge is 0.311 e. The zero-order valence-electron chi connectivity index (χ0n) is 14.7. The Balaban J connectivity index is 2.19. The summed E-state index contributed by atoms with van der Waals surface area (Å²) in [4.78, 5) is 25.9. The van der Waals surface area contributed by atoms with Crippen LogP contribution in [0.15, 0.2) is 24.3 Å². The van der Waals surface area contributed by atoms with Crippen LogP contribution in [0.3, 0.4) is 0 Å². The van der Waals surface area contributed by atoms with E-state index in [4.69, 9.17) is 0 Å². The van der Waals surface area contributed by atoms with Crippen LogP contribution in [0, 0.1) is 5.41 Å². The molecule has 1 aliphatic rings. The van der Waals surface area contributed by atoms with Crippen molar-refractivity contribution in [2.24, 2.45) is 5.41 Å². The lowest BCUT2D eigenvalue weighted by molar-refractivity contribution is -0.152. The van der Waals surface area contributed by atoms with E-state index in [0.717, 1.165) is 10.6 Å². The normalized spacial score (nSPS) is 21.0. The Morgan fingerprint density at radius 3 is 2.36 bits per heavy atom. The molecule has 1 heterocycles. The number of carboxylic acid groups (broad SMARTS) is 1. The van der Waals surface area contributed by atoms with E-state index in [1.165, 1.54) is 7.05 Å². The molecule has 1 atom stereocenters. The van der Waals surface area contributed by atoms with Gasteiger partial charge in [-0.15, -0.1) is 0 Å². The monoisotopic (exact) mass is 368 g/mol. The van der Waals surface area contributed by atoms with Gasteiger partial charge in [0.05, 0.1) is 17.4 Å². The fraction of sp³-hybridized carbons (Fsp3) is 0.529. The highest BCUT2D eigenvalue weighted by atomic mass is 32.2. The summed E-state index contributed by atoms with van der Waals surface area (Å²) in [6.45, 7) is 2.55. The molecule has 8 heteroatoms. The molecule has 2 rings (SSSR count). The number of carbonyl (C=O) groups is 2. The highest BCUT2D eigenvalue weighted by Crippen LogP contribution is 2.34. The van der Waals surface area contributed by atoms with E-state index >= 15 is 0 Å². The van der Waals surface area contributed by atoms with E-state index in [1.807, 2.05) is 6.92 Å². The van der Waals surface area contributed by atoms with Gasteiger partial charge in [-0.05, 0) is 43.5 Å². The van der Waals surface area contributed by atoms with E-state index in [9.17, 15) is 23.1 Å². The van der Waals surface area contributed by atoms with E-state index < -0.39 is 21.4 Å². The second kappa shape index (κ2) is 7.03. The molecule has 138 valence electrons. The third-order valence-electron chi connectivity index (χ3n) is 4.97. The molecule has 0 bridgehead atoms. The Kier molecular flexibility index (Phi) is 5.41. The van der Waals surface area contributed by atoms with E-state index in [2.05, 4.69) is 0 Å². The maximum Gasteiger partial charge on any atom is 0.311 e. The van der Waals surface area contributed by atoms with Gasteiger partial charge in [-0.1, -0.05) is 6.92 Å². The molecule has 1 N–H and O–H groups in total. The maximum absolute atomic E-state index is 12.7. The lowest BCUT2D eigenvalue weighted by atomic mass is 9.77. The summed E-state index contributed by atoms with van der Waals surface area (Å²) in [5, 5.41) is 9.53. The predicted molar refractivity (Wildman–Crippen MR) is 95.2 cm³/mol. The molecule has 0 aliphatic carbocycles. The molecule has 7 nitrogen and oxygen atoms in total. The molecule has 1 amide bonds. The predicted octanol–water partition coefficient (Wildman–Crippen LogP) is 1.80. The topological polar surface area (TPSA) is 95.0 Å². The number of likely N-dealkylation sites (tertiary alicyclic amines) is 1. The minimum absolute atomic E-state index is 0.197. The molecule has 1 fully saturated rings. The third kappa shape index (κ3) is 3.95. The van der Waals surface area contributed by atoms with Crippen molar-refractivity contribution in [2.75, 3.05) is 30.7 Å². The molecule has 1 saturated heterocycles. The van der Waals surface area contributed by atoms with Crippen LogP contribution in [0.5, 0.6) is 0 Å². The average Bonchev–Trinajstić information content (AvgIpc) is 2.59. The van der Waals surface area contributed by atoms with Crippen LogP contribution in [0.1, 0.15) is 36.5 Å². The fourth-order valence-electron chi connectivity index (χ4n) is 3.11. The van der Waals surface area contributed by atoms with Crippen LogP contribution in [0.25, 0.3) is 0 Å². The Morgan fingerprint density at radius 2 is 1.88 bits per heavy atom. The zero-order valence-corrected chi connectivity index (χ0v) is 15.5. The number of amides is 1. The van der Waals surface area contributed by atoms with Gasteiger partial charge in [0, 0.05) is 25.7 Å². The molecule has 0 aromatic heterocycles. The van der Waals surface area contributed by atoms with Crippen LogP contribution >= 0.6 is 0 Å². The molecular formula is C17H24N2O5S. The van der Waals surface area contributed by atoms with Gasteiger partial charge >= 0.3 is 5.97 Å². The van der Waals surface area contributed by atoms with Crippen LogP contribution in [0.4, 0.5) is 5.69 Å². The Labute approximate surface area is 148 Å². The molecule has 25 heavy (non-hydrogen) atoms. The molecular weight excluding hydrogens is 344 g/mol. The average molecular weight is 368 g/mol. The first kappa shape index (κ1) is 19.2. The number of hydrogen-bond donors (Lipinski definition) is 1. The van der Waals surface area contributed by atoms with Gasteiger partial charge in [-0.25, -0.2) is 8.42 Å². The molecule has 0 radical (unpaired) electrons. The molecule has 0 spiro atoms. The largest absolute Gasteiger partial charge is 0.481 e. The van der Waals surface area contributed by atoms with E-state index in [0.29, 0.717) is 37.1 Å². The van der Waals surface area contributed by atoms with Gasteiger partial charge < -0.3 is 10.0 Å². The summed E-state index contributed by atoms with van der Waals surface area (Å²) < 4.78 is 24.3. The van der Waals surface area contributed by atoms with Crippen LogP contribution in [0.2, 0.25) is 0 Å². The SMILES string of the molecule is CC[C@]1(C(=O)O)CCCN(C(=O)c2ccc(N(C)S(C)(=O)=O)cc2)C1. The zero-order chi connectivity index (χ0) is 18.8. The van der Waals surface area contributed by atoms with Crippen molar-refractivity contribution in [2.45, 2.75) is 26.2 Å². The molecule has 0 saturated carbocycles. The van der Waals surface area contributed by atoms with Crippen LogP contribution in [-0.2, 0) is 14.8 Å². The summed E-state index contributed by atoms with van der Waals surface area (Å²) in [7, 11) is -1.92. The Morgan fingerprint density at radius 1 is 1.28 bits per heavy atom. The van der Waals surface area contributed by atoms with Gasteiger partial charge in [0.25, 0.3) is 5.91 Å². The number of carboxylic acids is 1. The number of rotatable bonds is 5. The number of piperidine rings is 1. The van der Waals surface area contributed by atoms with Crippen molar-refractivity contribution in [3.8, 4) is 0 Å². The summed E-state index contributed by atoms with van der Waals surface area (Å²) in [6.07, 6.45) is 2.81. The number of anilines is 1. The Bertz CT molecular complexity index is 760. The first-order valence-corrected chi connectivity index (χ1v) is 10.0. The molecule has 0 unspecified atom stereocenters. The van der Waals surface area contributed by atoms with E-state index in [-0.39, 0.29) is 12.5 Å². The maximum atomic E-state index is 12.7. The second-order valence-electron chi connectivity index (χ2n) is 6.55. The highest BCUT2D eigenvalue weighted by molar-refractivity contribution is 7.92. The third-order valence-corrected chi connectivity index (χ3v) is 6.18. The summed E-state index contributed by atoms with van der Waals surface area (Å²) in [6, 6.07) is 6.29. The molecule has 1 aliphatic heterocycles. The summed E-state index contributed by atoms with van der Waals surface area (Å²) in [5.74, 6) is -1.09. The second-order valence-corrected chi connectivity index (χ2v) is 8.56. The van der Waals surface area contributed by atoms with Gasteiger partial charge in [0.1, 0.15) is 0 Å². The molecule has 1 aromatic rings. The van der Waals surface area contributed by atoms with Crippen molar-refractivity contribution in [3.63, 3.8) is 0 Å². The van der Waals surface area contributed by atoms with Crippen molar-refractivity contribution in [3.05, 3.63) is 29.8 Å². The number of nitrogens with zero attached hydrogens (tertiary/aromatic N) is 2. The van der Waals surface area contributed by atoms with Gasteiger partial charge in [0.15, 0.2) is 0 Å². The van der Waals surface area contributed by atoms with Gasteiger partial charge in [-0.3, -0.25) is 13.9 Å². The molecule has 1 aromatic carbocycles. The highest BCUT2D eigenvalue weighted by Gasteiger charge is 2.42. The standard InChI is InChI=1S/C17H24N2O5S/c1-4-17(16(21)22)10-5-11-19(12-17)15(20)13-6-8-14(9-7-13)18(2)25(3,23)24/h6-9H,4-5,10-12H2,1-3H3,(H,21,22)/t17-/m0/s1. The van der Waals surface area contributed by atoms with Gasteiger partial charge in [-0.2, -0.15) is 0 Å². The first-order valence-electron chi connectivity index (χ1n) is 8.17. The van der Waals surface area contributed by atoms with E-state index in [1.54, 1.807) is 29.2 Å². The number of aliphatic carboxylic acids is 1. The minimum Gasteiger partial charge on any atom is -0.481 e. The van der Waals surface area contributed by atoms with Crippen molar-refractivity contribution in [1.29, 1.82) is 0 Å². The van der Waals surface area contributed by atoms with Gasteiger partial charge in [0.2, 0.25) is 10.0 Å². The van der Waals surface area contributed by atoms with Crippen LogP contribution < -0.4 is 4.31 Å². The number of benzene rings is 1. The fourth-order valence-corrected chi connectivity index (χ4v) is 3.61. The van der Waals surface area contributed by atoms with Crippen LogP contribution in [-0.4, -0.2) is 56.7 Å². The van der Waals surface area contributed by atoms with Crippen molar-refractivity contribution >= 4 is 27.6 Å². The lowest BCUT2D eigenvalue weighted by Gasteiger charge is -2.39. The number of sulfonamides is 1. The summed E-state index contributed by atoms with van der Waals surface area (Å²) in [5.41, 5.74) is -0.00116. The van der Waals surface area contributed by atoms with Crippen molar-refractivity contribution in [1.82, 2.24) is 4.90 Å². The quantitative estimate of drug-likeness (QED) is 0.855. The first-order chi connectivity index (χ1) is 11.6. The lowest BCUT2D eigenvalue weighted by Crippen LogP contribution is -2.49. The summed E-state index contributed by atoms with van der Waals surface area (Å²) >= 11 is 0. The number of carbonyl (C=O) groups excluding carboxylic acids is 1.